The van der Waals surface area contributed by atoms with Crippen molar-refractivity contribution in [2.24, 2.45) is 11.1 Å². The highest BCUT2D eigenvalue weighted by molar-refractivity contribution is 5.82. The van der Waals surface area contributed by atoms with Gasteiger partial charge in [-0.3, -0.25) is 4.79 Å². The third-order valence-electron chi connectivity index (χ3n) is 4.63. The first-order valence-electron chi connectivity index (χ1n) is 8.22. The zero-order valence-electron chi connectivity index (χ0n) is 14.0. The lowest BCUT2D eigenvalue weighted by Crippen LogP contribution is -2.45. The fourth-order valence-electron chi connectivity index (χ4n) is 2.70. The number of aromatic nitrogens is 2. The van der Waals surface area contributed by atoms with Gasteiger partial charge in [0.1, 0.15) is 0 Å². The van der Waals surface area contributed by atoms with E-state index >= 15 is 0 Å². The van der Waals surface area contributed by atoms with Gasteiger partial charge in [-0.25, -0.2) is 4.68 Å². The van der Waals surface area contributed by atoms with E-state index in [9.17, 15) is 4.79 Å². The SMILES string of the molecule is CCC(CC)(CN)C(=O)NCCc1ccc(-n2cccn2)cc1. The molecule has 3 N–H and O–H groups in total. The second-order valence-corrected chi connectivity index (χ2v) is 5.81. The van der Waals surface area contributed by atoms with Gasteiger partial charge in [0.2, 0.25) is 5.91 Å². The Morgan fingerprint density at radius 2 is 1.96 bits per heavy atom. The molecule has 1 aromatic heterocycles. The van der Waals surface area contributed by atoms with Crippen molar-refractivity contribution in [3.8, 4) is 5.69 Å². The molecular formula is C18H26N4O. The number of rotatable bonds is 8. The lowest BCUT2D eigenvalue weighted by molar-refractivity contribution is -0.131. The highest BCUT2D eigenvalue weighted by Gasteiger charge is 2.32. The lowest BCUT2D eigenvalue weighted by Gasteiger charge is -2.28. The van der Waals surface area contributed by atoms with Crippen LogP contribution in [0.5, 0.6) is 0 Å². The Labute approximate surface area is 137 Å². The van der Waals surface area contributed by atoms with Crippen LogP contribution in [0, 0.1) is 5.41 Å². The molecule has 0 spiro atoms. The molecule has 0 aliphatic carbocycles. The Morgan fingerprint density at radius 3 is 2.48 bits per heavy atom. The molecule has 0 aliphatic rings. The van der Waals surface area contributed by atoms with Gasteiger partial charge in [0.05, 0.1) is 11.1 Å². The summed E-state index contributed by atoms with van der Waals surface area (Å²) in [5.74, 6) is 0.0677. The maximum Gasteiger partial charge on any atom is 0.227 e. The van der Waals surface area contributed by atoms with Crippen molar-refractivity contribution < 1.29 is 4.79 Å². The molecule has 23 heavy (non-hydrogen) atoms. The Morgan fingerprint density at radius 1 is 1.26 bits per heavy atom. The predicted molar refractivity (Wildman–Crippen MR) is 92.3 cm³/mol. The van der Waals surface area contributed by atoms with Crippen molar-refractivity contribution in [2.45, 2.75) is 33.1 Å². The van der Waals surface area contributed by atoms with E-state index in [0.717, 1.165) is 24.9 Å². The minimum absolute atomic E-state index is 0.0677. The standard InChI is InChI=1S/C18H26N4O/c1-3-18(4-2,14-19)17(23)20-12-10-15-6-8-16(9-7-15)22-13-5-11-21-22/h5-9,11,13H,3-4,10,12,14,19H2,1-2H3,(H,20,23). The highest BCUT2D eigenvalue weighted by Crippen LogP contribution is 2.24. The van der Waals surface area contributed by atoms with Crippen LogP contribution in [0.2, 0.25) is 0 Å². The van der Waals surface area contributed by atoms with E-state index in [4.69, 9.17) is 5.73 Å². The molecule has 5 nitrogen and oxygen atoms in total. The Bertz CT molecular complexity index is 592. The van der Waals surface area contributed by atoms with E-state index in [1.54, 1.807) is 6.20 Å². The topological polar surface area (TPSA) is 72.9 Å². The first kappa shape index (κ1) is 17.2. The van der Waals surface area contributed by atoms with Crippen LogP contribution in [-0.4, -0.2) is 28.8 Å². The van der Waals surface area contributed by atoms with Crippen LogP contribution in [0.3, 0.4) is 0 Å². The molecule has 5 heteroatoms. The third-order valence-corrected chi connectivity index (χ3v) is 4.63. The summed E-state index contributed by atoms with van der Waals surface area (Å²) in [5.41, 5.74) is 7.60. The number of nitrogens with two attached hydrogens (primary N) is 1. The van der Waals surface area contributed by atoms with Crippen LogP contribution in [0.25, 0.3) is 5.69 Å². The van der Waals surface area contributed by atoms with E-state index < -0.39 is 5.41 Å². The number of amides is 1. The molecule has 2 rings (SSSR count). The smallest absolute Gasteiger partial charge is 0.227 e. The van der Waals surface area contributed by atoms with Crippen LogP contribution in [-0.2, 0) is 11.2 Å². The number of benzene rings is 1. The average molecular weight is 314 g/mol. The number of carbonyl (C=O) groups excluding carboxylic acids is 1. The van der Waals surface area contributed by atoms with Gasteiger partial charge in [0, 0.05) is 25.5 Å². The molecule has 2 aromatic rings. The van der Waals surface area contributed by atoms with Gasteiger partial charge < -0.3 is 11.1 Å². The summed E-state index contributed by atoms with van der Waals surface area (Å²) in [7, 11) is 0. The van der Waals surface area contributed by atoms with E-state index in [1.165, 1.54) is 5.56 Å². The number of nitrogens with zero attached hydrogens (tertiary/aromatic N) is 2. The van der Waals surface area contributed by atoms with Gasteiger partial charge in [-0.15, -0.1) is 0 Å². The molecule has 0 radical (unpaired) electrons. The van der Waals surface area contributed by atoms with E-state index in [2.05, 4.69) is 22.5 Å². The van der Waals surface area contributed by atoms with Gasteiger partial charge in [0.15, 0.2) is 0 Å². The largest absolute Gasteiger partial charge is 0.355 e. The Hall–Kier alpha value is -2.14. The first-order valence-corrected chi connectivity index (χ1v) is 8.22. The molecule has 0 fully saturated rings. The van der Waals surface area contributed by atoms with Crippen LogP contribution >= 0.6 is 0 Å². The second-order valence-electron chi connectivity index (χ2n) is 5.81. The summed E-state index contributed by atoms with van der Waals surface area (Å²) in [4.78, 5) is 12.4. The van der Waals surface area contributed by atoms with Crippen molar-refractivity contribution in [3.05, 3.63) is 48.3 Å². The summed E-state index contributed by atoms with van der Waals surface area (Å²) in [6.07, 6.45) is 6.01. The predicted octanol–water partition coefficient (Wildman–Crippen LogP) is 2.30. The molecule has 0 atom stereocenters. The number of hydrogen-bond donors (Lipinski definition) is 2. The summed E-state index contributed by atoms with van der Waals surface area (Å²) in [6.45, 7) is 5.06. The monoisotopic (exact) mass is 314 g/mol. The molecule has 0 saturated heterocycles. The Balaban J connectivity index is 1.88. The summed E-state index contributed by atoms with van der Waals surface area (Å²) in [6, 6.07) is 10.1. The molecule has 0 saturated carbocycles. The molecule has 0 unspecified atom stereocenters. The van der Waals surface area contributed by atoms with E-state index in [-0.39, 0.29) is 5.91 Å². The molecule has 1 amide bonds. The fourth-order valence-corrected chi connectivity index (χ4v) is 2.70. The second kappa shape index (κ2) is 7.92. The van der Waals surface area contributed by atoms with Crippen LogP contribution in [0.4, 0.5) is 0 Å². The van der Waals surface area contributed by atoms with Gasteiger partial charge in [-0.2, -0.15) is 5.10 Å². The molecule has 0 bridgehead atoms. The zero-order chi connectivity index (χ0) is 16.7. The summed E-state index contributed by atoms with van der Waals surface area (Å²) >= 11 is 0. The number of carbonyl (C=O) groups is 1. The lowest BCUT2D eigenvalue weighted by atomic mass is 9.81. The molecular weight excluding hydrogens is 288 g/mol. The van der Waals surface area contributed by atoms with Gasteiger partial charge in [-0.05, 0) is 43.0 Å². The molecule has 124 valence electrons. The van der Waals surface area contributed by atoms with Gasteiger partial charge in [-0.1, -0.05) is 26.0 Å². The first-order chi connectivity index (χ1) is 11.1. The van der Waals surface area contributed by atoms with Crippen molar-refractivity contribution in [2.75, 3.05) is 13.1 Å². The summed E-state index contributed by atoms with van der Waals surface area (Å²) in [5, 5.41) is 7.24. The quantitative estimate of drug-likeness (QED) is 0.785. The molecule has 1 heterocycles. The maximum atomic E-state index is 12.4. The Kier molecular flexibility index (Phi) is 5.93. The normalized spacial score (nSPS) is 11.4. The molecule has 0 aliphatic heterocycles. The molecule has 1 aromatic carbocycles. The number of hydrogen-bond acceptors (Lipinski definition) is 3. The van der Waals surface area contributed by atoms with E-state index in [0.29, 0.717) is 13.1 Å². The third kappa shape index (κ3) is 3.99. The van der Waals surface area contributed by atoms with Crippen LogP contribution in [0.1, 0.15) is 32.3 Å². The zero-order valence-corrected chi connectivity index (χ0v) is 14.0. The highest BCUT2D eigenvalue weighted by atomic mass is 16.2. The van der Waals surface area contributed by atoms with Crippen molar-refractivity contribution in [1.82, 2.24) is 15.1 Å². The fraction of sp³-hybridized carbons (Fsp3) is 0.444. The summed E-state index contributed by atoms with van der Waals surface area (Å²) < 4.78 is 1.82. The van der Waals surface area contributed by atoms with Crippen LogP contribution < -0.4 is 11.1 Å². The minimum Gasteiger partial charge on any atom is -0.355 e. The average Bonchev–Trinajstić information content (AvgIpc) is 3.12. The van der Waals surface area contributed by atoms with E-state index in [1.807, 2.05) is 42.9 Å². The minimum atomic E-state index is -0.427. The maximum absolute atomic E-state index is 12.4. The van der Waals surface area contributed by atoms with Crippen LogP contribution in [0.15, 0.2) is 42.7 Å². The van der Waals surface area contributed by atoms with Crippen molar-refractivity contribution in [1.29, 1.82) is 0 Å². The number of nitrogens with one attached hydrogen (secondary N) is 1. The van der Waals surface area contributed by atoms with Gasteiger partial charge in [0.25, 0.3) is 0 Å². The van der Waals surface area contributed by atoms with Crippen molar-refractivity contribution in [3.63, 3.8) is 0 Å². The van der Waals surface area contributed by atoms with Crippen molar-refractivity contribution >= 4 is 5.91 Å². The van der Waals surface area contributed by atoms with Gasteiger partial charge >= 0.3 is 0 Å².